The van der Waals surface area contributed by atoms with Crippen LogP contribution in [0, 0.1) is 24.2 Å². The number of carbonyl (C=O) groups is 5. The van der Waals surface area contributed by atoms with Crippen LogP contribution in [0.2, 0.25) is 0 Å². The Balaban J connectivity index is 1.25. The molecule has 3 aliphatic carbocycles. The molecule has 54 heavy (non-hydrogen) atoms. The molecule has 17 heteroatoms. The number of nitrogens with zero attached hydrogens (tertiary/aromatic N) is 2. The van der Waals surface area contributed by atoms with Gasteiger partial charge in [-0.25, -0.2) is 23.0 Å². The van der Waals surface area contributed by atoms with Crippen LogP contribution < -0.4 is 20.7 Å². The third-order valence-electron chi connectivity index (χ3n) is 10.1. The fraction of sp³-hybridized carbons (Fsp3) is 0.622. The van der Waals surface area contributed by atoms with Gasteiger partial charge in [-0.05, 0) is 94.7 Å². The number of aromatic nitrogens is 1. The number of alkyl carbamates (subject to hydrolysis) is 1. The monoisotopic (exact) mass is 786 g/mol. The number of sulfonamides is 1. The highest BCUT2D eigenvalue weighted by Crippen LogP contribution is 2.57. The number of thiazole rings is 1. The zero-order valence-electron chi connectivity index (χ0n) is 31.7. The molecule has 5 atom stereocenters. The van der Waals surface area contributed by atoms with Crippen LogP contribution in [-0.2, 0) is 33.9 Å². The van der Waals surface area contributed by atoms with Gasteiger partial charge in [0, 0.05) is 23.6 Å². The molecule has 4 fully saturated rings. The average molecular weight is 787 g/mol. The van der Waals surface area contributed by atoms with Gasteiger partial charge in [0.25, 0.3) is 5.91 Å². The van der Waals surface area contributed by atoms with E-state index in [0.29, 0.717) is 29.1 Å². The van der Waals surface area contributed by atoms with E-state index in [-0.39, 0.29) is 31.2 Å². The lowest BCUT2D eigenvalue weighted by molar-refractivity contribution is -0.143. The predicted molar refractivity (Wildman–Crippen MR) is 201 cm³/mol. The second-order valence-electron chi connectivity index (χ2n) is 17.0. The summed E-state index contributed by atoms with van der Waals surface area (Å²) < 4.78 is 39.1. The summed E-state index contributed by atoms with van der Waals surface area (Å²) in [7, 11) is -3.89. The van der Waals surface area contributed by atoms with Crippen molar-refractivity contribution in [1.82, 2.24) is 25.2 Å². The van der Waals surface area contributed by atoms with E-state index in [1.54, 1.807) is 53.8 Å². The maximum atomic E-state index is 14.5. The third-order valence-corrected chi connectivity index (χ3v) is 12.8. The number of rotatable bonds is 11. The Morgan fingerprint density at radius 2 is 1.72 bits per heavy atom. The van der Waals surface area contributed by atoms with Gasteiger partial charge in [-0.1, -0.05) is 26.8 Å². The van der Waals surface area contributed by atoms with E-state index in [1.807, 2.05) is 24.4 Å². The number of nitrogens with one attached hydrogen (secondary N) is 4. The van der Waals surface area contributed by atoms with Crippen LogP contribution in [0.5, 0.6) is 0 Å². The van der Waals surface area contributed by atoms with E-state index in [1.165, 1.54) is 16.2 Å². The summed E-state index contributed by atoms with van der Waals surface area (Å²) in [4.78, 5) is 74.5. The first-order chi connectivity index (χ1) is 25.2. The first kappa shape index (κ1) is 39.4. The second-order valence-corrected chi connectivity index (χ2v) is 19.9. The Labute approximate surface area is 319 Å². The molecule has 1 aliphatic heterocycles. The molecule has 2 heterocycles. The maximum absolute atomic E-state index is 14.5. The molecule has 2 aromatic rings. The van der Waals surface area contributed by atoms with Crippen molar-refractivity contribution in [2.45, 2.75) is 122 Å². The van der Waals surface area contributed by atoms with Crippen molar-refractivity contribution in [3.05, 3.63) is 35.3 Å². The van der Waals surface area contributed by atoms with E-state index < -0.39 is 79.9 Å². The minimum Gasteiger partial charge on any atom is -0.444 e. The molecule has 1 saturated heterocycles. The van der Waals surface area contributed by atoms with E-state index >= 15 is 0 Å². The Kier molecular flexibility index (Phi) is 10.5. The van der Waals surface area contributed by atoms with Gasteiger partial charge < -0.3 is 25.0 Å². The number of benzene rings is 1. The quantitative estimate of drug-likeness (QED) is 0.252. The zero-order valence-corrected chi connectivity index (χ0v) is 33.3. The molecule has 4 aliphatic rings. The van der Waals surface area contributed by atoms with Crippen LogP contribution in [0.3, 0.4) is 0 Å². The lowest BCUT2D eigenvalue weighted by Crippen LogP contribution is -2.60. The van der Waals surface area contributed by atoms with Crippen molar-refractivity contribution in [2.75, 3.05) is 11.9 Å². The second kappa shape index (κ2) is 14.4. The van der Waals surface area contributed by atoms with Crippen LogP contribution in [0.1, 0.15) is 85.6 Å². The van der Waals surface area contributed by atoms with E-state index in [9.17, 15) is 32.4 Å². The topological polar surface area (TPSA) is 202 Å². The summed E-state index contributed by atoms with van der Waals surface area (Å²) in [6.45, 7) is 12.0. The largest absolute Gasteiger partial charge is 0.444 e. The number of amides is 5. The Morgan fingerprint density at radius 3 is 2.31 bits per heavy atom. The van der Waals surface area contributed by atoms with Gasteiger partial charge in [0.15, 0.2) is 0 Å². The number of hydrogen-bond acceptors (Lipinski definition) is 11. The molecule has 1 aromatic heterocycles. The molecule has 294 valence electrons. The van der Waals surface area contributed by atoms with Crippen LogP contribution in [0.15, 0.2) is 29.8 Å². The average Bonchev–Trinajstić information content (AvgIpc) is 3.99. The normalized spacial score (nSPS) is 24.6. The van der Waals surface area contributed by atoms with Gasteiger partial charge in [0.1, 0.15) is 34.3 Å². The summed E-state index contributed by atoms with van der Waals surface area (Å²) >= 11 is 1.41. The number of ether oxygens (including phenoxy) is 2. The number of anilines is 1. The molecule has 15 nitrogen and oxygen atoms in total. The fourth-order valence-electron chi connectivity index (χ4n) is 7.01. The molecule has 1 aromatic carbocycles. The summed E-state index contributed by atoms with van der Waals surface area (Å²) in [5.41, 5.74) is -1.11. The highest BCUT2D eigenvalue weighted by molar-refractivity contribution is 7.91. The molecular weight excluding hydrogens is 737 g/mol. The number of carbonyl (C=O) groups excluding carboxylic acids is 5. The van der Waals surface area contributed by atoms with Crippen LogP contribution >= 0.6 is 11.3 Å². The van der Waals surface area contributed by atoms with Crippen LogP contribution in [0.25, 0.3) is 10.6 Å². The van der Waals surface area contributed by atoms with E-state index in [0.717, 1.165) is 18.4 Å². The molecule has 0 radical (unpaired) electrons. The van der Waals surface area contributed by atoms with Crippen molar-refractivity contribution in [3.63, 3.8) is 0 Å². The molecule has 3 saturated carbocycles. The molecule has 5 amide bonds. The van der Waals surface area contributed by atoms with Gasteiger partial charge in [0.05, 0.1) is 17.5 Å². The molecule has 6 rings (SSSR count). The van der Waals surface area contributed by atoms with E-state index in [4.69, 9.17) is 9.47 Å². The lowest BCUT2D eigenvalue weighted by atomic mass is 9.85. The van der Waals surface area contributed by atoms with Crippen molar-refractivity contribution >= 4 is 57.0 Å². The summed E-state index contributed by atoms with van der Waals surface area (Å²) in [5, 5.41) is 10.2. The number of aryl methyl sites for hydroxylation is 1. The summed E-state index contributed by atoms with van der Waals surface area (Å²) in [5.74, 6) is -2.17. The van der Waals surface area contributed by atoms with Crippen molar-refractivity contribution in [1.29, 1.82) is 0 Å². The summed E-state index contributed by atoms with van der Waals surface area (Å²) in [6, 6.07) is 3.14. The van der Waals surface area contributed by atoms with Crippen molar-refractivity contribution < 1.29 is 41.9 Å². The van der Waals surface area contributed by atoms with Gasteiger partial charge >= 0.3 is 12.2 Å². The molecule has 4 N–H and O–H groups in total. The first-order valence-corrected chi connectivity index (χ1v) is 20.8. The smallest absolute Gasteiger partial charge is 0.411 e. The number of likely N-dealkylation sites (tertiary alicyclic amines) is 1. The Hall–Kier alpha value is -4.25. The maximum Gasteiger partial charge on any atom is 0.411 e. The van der Waals surface area contributed by atoms with Gasteiger partial charge in [-0.3, -0.25) is 24.4 Å². The minimum absolute atomic E-state index is 0.117. The standard InChI is InChI=1S/C37H50N6O9S2/c1-20-8-13-24(30-38-14-15-53-30)26(16-20)39-33(47)51-22-17-27(43(19-22)31(45)28(35(2,3)4)40-34(48)52-36(5,6)7)29(44)41-37(18-25(37)21-9-10-21)32(46)42-54(49,50)23-11-12-23/h8,13-16,21-23,25,27-28H,9-12,17-19H2,1-7H3,(H,39,47)(H,40,48)(H,41,44)(H,42,46)/t22-,25?,27+,28-,37-/m1/s1. The molecule has 1 unspecified atom stereocenters. The molecule has 0 spiro atoms. The fourth-order valence-corrected chi connectivity index (χ4v) is 9.05. The van der Waals surface area contributed by atoms with E-state index in [2.05, 4.69) is 25.7 Å². The van der Waals surface area contributed by atoms with Gasteiger partial charge in [-0.2, -0.15) is 0 Å². The Morgan fingerprint density at radius 1 is 1.02 bits per heavy atom. The van der Waals surface area contributed by atoms with Crippen molar-refractivity contribution in [3.8, 4) is 10.6 Å². The third kappa shape index (κ3) is 8.99. The van der Waals surface area contributed by atoms with Gasteiger partial charge in [-0.15, -0.1) is 11.3 Å². The summed E-state index contributed by atoms with van der Waals surface area (Å²) in [6.07, 6.45) is 1.86. The highest BCUT2D eigenvalue weighted by Gasteiger charge is 2.67. The SMILES string of the molecule is Cc1ccc(-c2nccs2)c(NC(=O)O[C@@H]2C[C@@H](C(=O)N[C@]3(C(=O)NS(=O)(=O)C4CC4)CC3C3CC3)N(C(=O)[C@@H](NC(=O)OC(C)(C)C)C(C)(C)C)C2)c1. The number of hydrogen-bond donors (Lipinski definition) is 4. The predicted octanol–water partition coefficient (Wildman–Crippen LogP) is 4.47. The zero-order chi connectivity index (χ0) is 39.4. The van der Waals surface area contributed by atoms with Crippen molar-refractivity contribution in [2.24, 2.45) is 17.3 Å². The van der Waals surface area contributed by atoms with Crippen LogP contribution in [0.4, 0.5) is 15.3 Å². The van der Waals surface area contributed by atoms with Crippen LogP contribution in [-0.4, -0.2) is 89.3 Å². The lowest BCUT2D eigenvalue weighted by Gasteiger charge is -2.36. The first-order valence-electron chi connectivity index (χ1n) is 18.3. The van der Waals surface area contributed by atoms with Gasteiger partial charge in [0.2, 0.25) is 21.8 Å². The Bertz CT molecular complexity index is 1920. The molecular formula is C37H50N6O9S2. The minimum atomic E-state index is -3.89. The molecule has 0 bridgehead atoms. The highest BCUT2D eigenvalue weighted by atomic mass is 32.2.